The summed E-state index contributed by atoms with van der Waals surface area (Å²) < 4.78 is 0. The first-order valence-corrected chi connectivity index (χ1v) is 6.08. The van der Waals surface area contributed by atoms with E-state index in [1.165, 1.54) is 0 Å². The maximum atomic E-state index is 11.7. The number of carbonyl (C=O) groups excluding carboxylic acids is 2. The Morgan fingerprint density at radius 2 is 1.61 bits per heavy atom. The maximum absolute atomic E-state index is 11.7. The van der Waals surface area contributed by atoms with Gasteiger partial charge in [-0.2, -0.15) is 0 Å². The molecule has 1 aromatic carbocycles. The van der Waals surface area contributed by atoms with Gasteiger partial charge in [0.05, 0.1) is 0 Å². The van der Waals surface area contributed by atoms with Gasteiger partial charge in [0.2, 0.25) is 5.91 Å². The number of hydrogen-bond acceptors (Lipinski definition) is 2. The zero-order chi connectivity index (χ0) is 12.8. The van der Waals surface area contributed by atoms with E-state index in [4.69, 9.17) is 0 Å². The van der Waals surface area contributed by atoms with Crippen molar-refractivity contribution in [2.75, 3.05) is 13.1 Å². The second-order valence-electron chi connectivity index (χ2n) is 4.15. The fraction of sp³-hybridized carbons (Fsp3) is 0.286. The van der Waals surface area contributed by atoms with Crippen molar-refractivity contribution < 1.29 is 9.59 Å². The summed E-state index contributed by atoms with van der Waals surface area (Å²) in [7, 11) is 0. The van der Waals surface area contributed by atoms with Crippen LogP contribution < -0.4 is 10.6 Å². The van der Waals surface area contributed by atoms with Crippen molar-refractivity contribution in [3.8, 4) is 0 Å². The van der Waals surface area contributed by atoms with Crippen LogP contribution in [0.4, 0.5) is 0 Å². The van der Waals surface area contributed by atoms with Crippen molar-refractivity contribution in [3.63, 3.8) is 0 Å². The quantitative estimate of drug-likeness (QED) is 0.766. The summed E-state index contributed by atoms with van der Waals surface area (Å²) in [5.74, 6) is -0.136. The third-order valence-electron chi connectivity index (χ3n) is 2.83. The molecule has 18 heavy (non-hydrogen) atoms. The molecule has 2 N–H and O–H groups in total. The van der Waals surface area contributed by atoms with Crippen LogP contribution in [-0.2, 0) is 4.79 Å². The van der Waals surface area contributed by atoms with Crippen LogP contribution in [0.3, 0.4) is 0 Å². The van der Waals surface area contributed by atoms with Gasteiger partial charge < -0.3 is 10.6 Å². The van der Waals surface area contributed by atoms with Crippen molar-refractivity contribution in [2.45, 2.75) is 12.8 Å². The van der Waals surface area contributed by atoms with E-state index in [1.807, 2.05) is 24.3 Å². The van der Waals surface area contributed by atoms with Crippen LogP contribution in [0.1, 0.15) is 23.2 Å². The molecular formula is C14H16N2O2. The molecule has 0 heterocycles. The summed E-state index contributed by atoms with van der Waals surface area (Å²) in [6.45, 7) is 0.890. The van der Waals surface area contributed by atoms with Crippen LogP contribution in [0.2, 0.25) is 0 Å². The van der Waals surface area contributed by atoms with Crippen LogP contribution in [-0.4, -0.2) is 24.9 Å². The molecule has 94 valence electrons. The molecule has 0 radical (unpaired) electrons. The van der Waals surface area contributed by atoms with Crippen LogP contribution in [0.25, 0.3) is 0 Å². The predicted molar refractivity (Wildman–Crippen MR) is 69.1 cm³/mol. The van der Waals surface area contributed by atoms with Gasteiger partial charge in [0.15, 0.2) is 0 Å². The molecule has 2 amide bonds. The van der Waals surface area contributed by atoms with E-state index < -0.39 is 0 Å². The molecule has 0 bridgehead atoms. The highest BCUT2D eigenvalue weighted by Gasteiger charge is 2.13. The fourth-order valence-electron chi connectivity index (χ4n) is 1.65. The first kappa shape index (κ1) is 12.4. The second kappa shape index (κ2) is 6.00. The smallest absolute Gasteiger partial charge is 0.251 e. The summed E-state index contributed by atoms with van der Waals surface area (Å²) in [4.78, 5) is 23.1. The van der Waals surface area contributed by atoms with E-state index in [0.717, 1.165) is 18.4 Å². The molecule has 1 aliphatic carbocycles. The van der Waals surface area contributed by atoms with Gasteiger partial charge in [0, 0.05) is 24.2 Å². The van der Waals surface area contributed by atoms with Crippen molar-refractivity contribution in [1.82, 2.24) is 10.6 Å². The van der Waals surface area contributed by atoms with Crippen LogP contribution in [0.5, 0.6) is 0 Å². The van der Waals surface area contributed by atoms with Gasteiger partial charge in [-0.05, 0) is 25.0 Å². The summed E-state index contributed by atoms with van der Waals surface area (Å²) in [6.07, 6.45) is 3.79. The van der Waals surface area contributed by atoms with E-state index in [9.17, 15) is 9.59 Å². The Morgan fingerprint density at radius 1 is 1.00 bits per heavy atom. The highest BCUT2D eigenvalue weighted by atomic mass is 16.2. The summed E-state index contributed by atoms with van der Waals surface area (Å²) >= 11 is 0. The van der Waals surface area contributed by atoms with Gasteiger partial charge in [-0.1, -0.05) is 24.3 Å². The van der Waals surface area contributed by atoms with Gasteiger partial charge in [-0.3, -0.25) is 9.59 Å². The van der Waals surface area contributed by atoms with Crippen molar-refractivity contribution in [1.29, 1.82) is 0 Å². The molecule has 1 aromatic rings. The molecule has 1 aliphatic rings. The number of allylic oxidation sites excluding steroid dienone is 1. The first-order chi connectivity index (χ1) is 8.77. The molecule has 4 heteroatoms. The molecule has 0 atom stereocenters. The standard InChI is InChI=1S/C14H16N2O2/c17-13(11-5-2-1-3-6-11)15-9-10-16-14(18)12-7-4-8-12/h1-3,5-7H,4,8-10H2,(H,15,17)(H,16,18). The van der Waals surface area contributed by atoms with Crippen LogP contribution >= 0.6 is 0 Å². The number of hydrogen-bond donors (Lipinski definition) is 2. The monoisotopic (exact) mass is 244 g/mol. The van der Waals surface area contributed by atoms with Crippen LogP contribution in [0, 0.1) is 0 Å². The SMILES string of the molecule is O=C(NCCNC(=O)c1ccccc1)C1=CCC1. The molecule has 0 aromatic heterocycles. The highest BCUT2D eigenvalue weighted by Crippen LogP contribution is 2.16. The van der Waals surface area contributed by atoms with E-state index in [1.54, 1.807) is 12.1 Å². The van der Waals surface area contributed by atoms with Gasteiger partial charge in [-0.25, -0.2) is 0 Å². The molecule has 0 saturated heterocycles. The lowest BCUT2D eigenvalue weighted by atomic mass is 9.98. The minimum Gasteiger partial charge on any atom is -0.351 e. The lowest BCUT2D eigenvalue weighted by Gasteiger charge is -2.14. The number of amides is 2. The Bertz CT molecular complexity index is 466. The third-order valence-corrected chi connectivity index (χ3v) is 2.83. The summed E-state index contributed by atoms with van der Waals surface area (Å²) in [6, 6.07) is 9.02. The first-order valence-electron chi connectivity index (χ1n) is 6.08. The van der Waals surface area contributed by atoms with Gasteiger partial charge >= 0.3 is 0 Å². The number of rotatable bonds is 5. The topological polar surface area (TPSA) is 58.2 Å². The fourth-order valence-corrected chi connectivity index (χ4v) is 1.65. The normalized spacial score (nSPS) is 13.2. The average molecular weight is 244 g/mol. The van der Waals surface area contributed by atoms with Gasteiger partial charge in [-0.15, -0.1) is 0 Å². The molecule has 0 spiro atoms. The molecule has 0 saturated carbocycles. The molecule has 4 nitrogen and oxygen atoms in total. The molecule has 0 unspecified atom stereocenters. The van der Waals surface area contributed by atoms with E-state index in [0.29, 0.717) is 18.7 Å². The molecule has 0 fully saturated rings. The Hall–Kier alpha value is -2.10. The zero-order valence-corrected chi connectivity index (χ0v) is 10.1. The Kier molecular flexibility index (Phi) is 4.12. The average Bonchev–Trinajstić information content (AvgIpc) is 2.33. The van der Waals surface area contributed by atoms with Crippen LogP contribution in [0.15, 0.2) is 42.0 Å². The molecular weight excluding hydrogens is 228 g/mol. The number of carbonyl (C=O) groups is 2. The second-order valence-corrected chi connectivity index (χ2v) is 4.15. The molecule has 2 rings (SSSR count). The number of benzene rings is 1. The maximum Gasteiger partial charge on any atom is 0.251 e. The number of nitrogens with one attached hydrogen (secondary N) is 2. The largest absolute Gasteiger partial charge is 0.351 e. The molecule has 0 aliphatic heterocycles. The Balaban J connectivity index is 1.66. The highest BCUT2D eigenvalue weighted by molar-refractivity contribution is 5.95. The summed E-state index contributed by atoms with van der Waals surface area (Å²) in [5.41, 5.74) is 1.48. The lowest BCUT2D eigenvalue weighted by molar-refractivity contribution is -0.117. The van der Waals surface area contributed by atoms with E-state index in [-0.39, 0.29) is 11.8 Å². The van der Waals surface area contributed by atoms with Crippen molar-refractivity contribution in [3.05, 3.63) is 47.5 Å². The van der Waals surface area contributed by atoms with E-state index >= 15 is 0 Å². The van der Waals surface area contributed by atoms with E-state index in [2.05, 4.69) is 10.6 Å². The minimum atomic E-state index is -0.118. The zero-order valence-electron chi connectivity index (χ0n) is 10.1. The Morgan fingerprint density at radius 3 is 2.17 bits per heavy atom. The Labute approximate surface area is 106 Å². The third kappa shape index (κ3) is 3.20. The van der Waals surface area contributed by atoms with Crippen molar-refractivity contribution >= 4 is 11.8 Å². The van der Waals surface area contributed by atoms with Crippen molar-refractivity contribution in [2.24, 2.45) is 0 Å². The lowest BCUT2D eigenvalue weighted by Crippen LogP contribution is -2.35. The van der Waals surface area contributed by atoms with Gasteiger partial charge in [0.25, 0.3) is 5.91 Å². The summed E-state index contributed by atoms with van der Waals surface area (Å²) in [5, 5.41) is 5.53. The predicted octanol–water partition coefficient (Wildman–Crippen LogP) is 1.25. The minimum absolute atomic E-state index is 0.0183. The van der Waals surface area contributed by atoms with Gasteiger partial charge in [0.1, 0.15) is 0 Å².